The van der Waals surface area contributed by atoms with Crippen LogP contribution < -0.4 is 22.4 Å². The topological polar surface area (TPSA) is 54.0 Å². The molecule has 0 atom stereocenters. The first-order valence-electron chi connectivity index (χ1n) is 13.3. The second-order valence-electron chi connectivity index (χ2n) is 9.93. The molecule has 5 rings (SSSR count). The van der Waals surface area contributed by atoms with Crippen LogP contribution in [0.2, 0.25) is 0 Å². The summed E-state index contributed by atoms with van der Waals surface area (Å²) < 4.78 is 0. The van der Waals surface area contributed by atoms with Gasteiger partial charge in [-0.25, -0.2) is 9.97 Å². The molecule has 5 heterocycles. The maximum atomic E-state index is 5.11. The zero-order valence-electron chi connectivity index (χ0n) is 23.7. The average molecular weight is 568 g/mol. The van der Waals surface area contributed by atoms with E-state index in [2.05, 4.69) is 79.7 Å². The third-order valence-corrected chi connectivity index (χ3v) is 8.06. The molecule has 199 valence electrons. The summed E-state index contributed by atoms with van der Waals surface area (Å²) in [7, 11) is 0. The zero-order valence-corrected chi connectivity index (χ0v) is 25.5. The fraction of sp³-hybridized carbons (Fsp3) is 0.375. The van der Waals surface area contributed by atoms with Crippen molar-refractivity contribution >= 4 is 44.4 Å². The second kappa shape index (κ2) is 11.7. The molecular formula is C32H36ClFeN4. The second-order valence-corrected chi connectivity index (χ2v) is 9.93. The Bertz CT molecular complexity index is 1620. The molecule has 0 saturated carbocycles. The molecule has 8 bridgehead atoms. The number of rotatable bonds is 4. The first-order chi connectivity index (χ1) is 17.3. The summed E-state index contributed by atoms with van der Waals surface area (Å²) in [6.45, 7) is 17.6. The Morgan fingerprint density at radius 1 is 0.526 bits per heavy atom. The summed E-state index contributed by atoms with van der Waals surface area (Å²) in [5.74, 6) is 0. The minimum absolute atomic E-state index is 0. The van der Waals surface area contributed by atoms with Crippen LogP contribution in [0.15, 0.2) is 24.3 Å². The minimum Gasteiger partial charge on any atom is -1.00 e. The van der Waals surface area contributed by atoms with Gasteiger partial charge in [0.1, 0.15) is 0 Å². The summed E-state index contributed by atoms with van der Waals surface area (Å²) >= 11 is 0. The molecule has 3 aromatic heterocycles. The summed E-state index contributed by atoms with van der Waals surface area (Å²) in [6, 6.07) is 8.72. The largest absolute Gasteiger partial charge is 3.00 e. The van der Waals surface area contributed by atoms with Crippen LogP contribution in [0, 0.1) is 13.8 Å². The van der Waals surface area contributed by atoms with Crippen LogP contribution in [0.1, 0.15) is 99.4 Å². The first kappa shape index (κ1) is 30.0. The molecule has 0 saturated heterocycles. The Labute approximate surface area is 243 Å². The fourth-order valence-electron chi connectivity index (χ4n) is 5.85. The molecule has 0 fully saturated rings. The third kappa shape index (κ3) is 4.81. The van der Waals surface area contributed by atoms with Crippen LogP contribution in [-0.2, 0) is 29.9 Å². The number of fused-ring (bicyclic) bond motifs is 8. The van der Waals surface area contributed by atoms with Crippen molar-refractivity contribution < 1.29 is 29.5 Å². The third-order valence-electron chi connectivity index (χ3n) is 8.06. The maximum Gasteiger partial charge on any atom is 3.00 e. The Morgan fingerprint density at radius 2 is 0.921 bits per heavy atom. The Morgan fingerprint density at radius 3 is 1.39 bits per heavy atom. The van der Waals surface area contributed by atoms with Gasteiger partial charge in [0.05, 0.1) is 22.8 Å². The number of halogens is 1. The Hall–Kier alpha value is -2.59. The van der Waals surface area contributed by atoms with Gasteiger partial charge < -0.3 is 22.4 Å². The zero-order chi connectivity index (χ0) is 25.7. The normalized spacial score (nSPS) is 13.1. The van der Waals surface area contributed by atoms with E-state index >= 15 is 0 Å². The summed E-state index contributed by atoms with van der Waals surface area (Å²) in [6.07, 6.45) is 3.74. The van der Waals surface area contributed by atoms with Crippen molar-refractivity contribution in [3.8, 4) is 0 Å². The summed E-state index contributed by atoms with van der Waals surface area (Å²) in [5, 5.41) is 0. The van der Waals surface area contributed by atoms with Gasteiger partial charge in [-0.2, -0.15) is 0 Å². The number of hydrogen-bond acceptors (Lipinski definition) is 2. The summed E-state index contributed by atoms with van der Waals surface area (Å²) in [5.41, 5.74) is 18.2. The molecule has 2 aliphatic heterocycles. The van der Waals surface area contributed by atoms with E-state index in [1.54, 1.807) is 0 Å². The van der Waals surface area contributed by atoms with Gasteiger partial charge in [-0.3, -0.25) is 0 Å². The molecule has 1 radical (unpaired) electrons. The molecule has 0 N–H and O–H groups in total. The molecular weight excluding hydrogens is 532 g/mol. The molecule has 3 aromatic rings. The van der Waals surface area contributed by atoms with E-state index in [0.29, 0.717) is 0 Å². The van der Waals surface area contributed by atoms with Crippen LogP contribution in [0.4, 0.5) is 0 Å². The van der Waals surface area contributed by atoms with Crippen LogP contribution in [0.3, 0.4) is 0 Å². The average Bonchev–Trinajstić information content (AvgIpc) is 3.51. The van der Waals surface area contributed by atoms with Gasteiger partial charge in [0.2, 0.25) is 0 Å². The van der Waals surface area contributed by atoms with E-state index in [4.69, 9.17) is 19.9 Å². The molecule has 6 heteroatoms. The molecule has 4 nitrogen and oxygen atoms in total. The van der Waals surface area contributed by atoms with E-state index in [-0.39, 0.29) is 29.5 Å². The van der Waals surface area contributed by atoms with Crippen molar-refractivity contribution in [2.24, 2.45) is 0 Å². The van der Waals surface area contributed by atoms with Gasteiger partial charge >= 0.3 is 17.1 Å². The van der Waals surface area contributed by atoms with Crippen molar-refractivity contribution in [1.82, 2.24) is 19.9 Å². The molecule has 0 aliphatic carbocycles. The molecule has 0 unspecified atom stereocenters. The van der Waals surface area contributed by atoms with Crippen LogP contribution >= 0.6 is 0 Å². The predicted molar refractivity (Wildman–Crippen MR) is 153 cm³/mol. The van der Waals surface area contributed by atoms with Crippen LogP contribution in [0.25, 0.3) is 44.4 Å². The number of aryl methyl sites for hydroxylation is 4. The predicted octanol–water partition coefficient (Wildman–Crippen LogP) is 5.00. The van der Waals surface area contributed by atoms with Gasteiger partial charge in [0, 0.05) is 0 Å². The van der Waals surface area contributed by atoms with Gasteiger partial charge in [-0.15, -0.1) is 22.1 Å². The SMILES string of the molecule is CCC1=C(C)c2cc3[n-]c(cc4[n-]c(cc5nc(cc1n2)C(C)=C5CC)c(C)c4CC)c(C)c3CC.[Cl-].[Fe+3]. The smallest absolute Gasteiger partial charge is 1.00 e. The molecule has 0 spiro atoms. The monoisotopic (exact) mass is 567 g/mol. The van der Waals surface area contributed by atoms with Gasteiger partial charge in [-0.1, -0.05) is 68.1 Å². The van der Waals surface area contributed by atoms with Crippen LogP contribution in [-0.4, -0.2) is 9.97 Å². The molecule has 0 aromatic carbocycles. The van der Waals surface area contributed by atoms with Gasteiger partial charge in [-0.05, 0) is 81.7 Å². The van der Waals surface area contributed by atoms with E-state index in [1.807, 2.05) is 0 Å². The molecule has 38 heavy (non-hydrogen) atoms. The Kier molecular flexibility index (Phi) is 9.19. The summed E-state index contributed by atoms with van der Waals surface area (Å²) in [4.78, 5) is 20.4. The number of allylic oxidation sites excluding steroid dienone is 4. The number of aromatic nitrogens is 4. The van der Waals surface area contributed by atoms with Crippen molar-refractivity contribution in [3.05, 3.63) is 69.3 Å². The molecule has 0 amide bonds. The maximum absolute atomic E-state index is 5.11. The molecule has 2 aliphatic rings. The van der Waals surface area contributed by atoms with Crippen LogP contribution in [0.5, 0.6) is 0 Å². The van der Waals surface area contributed by atoms with Gasteiger partial charge in [0.15, 0.2) is 0 Å². The standard InChI is InChI=1S/C32H36N4.ClH.Fe/c1-9-21-17(5)25-14-30-23(11-3)19(7)27(35-30)16-32-24(12-4)20(8)28(36-32)15-31-22(10-2)18(6)26(34-31)13-29(21)33-25;;/h13-16H,9-12H2,1-8H3;1H;/q-2;;+3/p-1. The number of nitrogens with zero attached hydrogens (tertiary/aromatic N) is 4. The van der Waals surface area contributed by atoms with Crippen molar-refractivity contribution in [2.45, 2.75) is 81.1 Å². The number of hydrogen-bond donors (Lipinski definition) is 0. The van der Waals surface area contributed by atoms with Crippen molar-refractivity contribution in [3.63, 3.8) is 0 Å². The van der Waals surface area contributed by atoms with E-state index in [1.165, 1.54) is 44.5 Å². The quantitative estimate of drug-likeness (QED) is 0.417. The fourth-order valence-corrected chi connectivity index (χ4v) is 5.85. The van der Waals surface area contributed by atoms with E-state index in [0.717, 1.165) is 70.5 Å². The van der Waals surface area contributed by atoms with Gasteiger partial charge in [0.25, 0.3) is 0 Å². The van der Waals surface area contributed by atoms with Crippen molar-refractivity contribution in [2.75, 3.05) is 0 Å². The Balaban J connectivity index is 0.00000200. The first-order valence-corrected chi connectivity index (χ1v) is 13.3. The van der Waals surface area contributed by atoms with Crippen molar-refractivity contribution in [1.29, 1.82) is 0 Å². The van der Waals surface area contributed by atoms with E-state index in [9.17, 15) is 0 Å². The minimum atomic E-state index is 0. The van der Waals surface area contributed by atoms with E-state index < -0.39 is 0 Å².